The third-order valence-electron chi connectivity index (χ3n) is 10.8. The van der Waals surface area contributed by atoms with Crippen molar-refractivity contribution in [2.24, 2.45) is 0 Å². The van der Waals surface area contributed by atoms with Crippen LogP contribution in [0, 0.1) is 11.3 Å². The Morgan fingerprint density at radius 3 is 1.74 bits per heavy atom. The van der Waals surface area contributed by atoms with Gasteiger partial charge in [-0.2, -0.15) is 5.26 Å². The summed E-state index contributed by atoms with van der Waals surface area (Å²) in [6.45, 7) is 0. The van der Waals surface area contributed by atoms with Crippen molar-refractivity contribution in [3.63, 3.8) is 0 Å². The highest BCUT2D eigenvalue weighted by atomic mass is 15.0. The number of benzene rings is 8. The van der Waals surface area contributed by atoms with E-state index in [0.717, 1.165) is 71.6 Å². The first-order valence-electron chi connectivity index (χ1n) is 20.5. The summed E-state index contributed by atoms with van der Waals surface area (Å²) in [6, 6.07) is 59.4. The van der Waals surface area contributed by atoms with Crippen molar-refractivity contribution in [1.29, 1.82) is 5.26 Å². The minimum atomic E-state index is -0.267. The van der Waals surface area contributed by atoms with Crippen LogP contribution in [0.1, 0.15) is 9.68 Å². The van der Waals surface area contributed by atoms with Crippen molar-refractivity contribution >= 4 is 43.6 Å². The highest BCUT2D eigenvalue weighted by Gasteiger charge is 2.23. The van der Waals surface area contributed by atoms with Gasteiger partial charge in [0.2, 0.25) is 0 Å². The molecule has 0 unspecified atom stereocenters. The molecular weight excluding hydrogens is 709 g/mol. The Labute approximate surface area is 338 Å². The predicted octanol–water partition coefficient (Wildman–Crippen LogP) is 12.6. The molecule has 0 bridgehead atoms. The molecule has 0 amide bonds. The van der Waals surface area contributed by atoms with Crippen LogP contribution in [0.25, 0.3) is 100 Å². The van der Waals surface area contributed by atoms with Crippen molar-refractivity contribution in [1.82, 2.24) is 24.1 Å². The number of aromatic nitrogens is 5. The first-order chi connectivity index (χ1) is 30.0. The second-order valence-corrected chi connectivity index (χ2v) is 14.1. The molecule has 0 N–H and O–H groups in total. The highest BCUT2D eigenvalue weighted by molar-refractivity contribution is 6.26. The summed E-state index contributed by atoms with van der Waals surface area (Å²) in [5.41, 5.74) is 7.90. The largest absolute Gasteiger partial charge is 0.309 e. The molecule has 6 heteroatoms. The zero-order valence-corrected chi connectivity index (χ0v) is 30.9. The van der Waals surface area contributed by atoms with Crippen molar-refractivity contribution in [3.8, 4) is 62.7 Å². The average molecular weight is 744 g/mol. The molecule has 3 aromatic heterocycles. The lowest BCUT2D eigenvalue weighted by Crippen LogP contribution is -2.02. The van der Waals surface area contributed by atoms with Crippen LogP contribution in [0.5, 0.6) is 0 Å². The number of hydrogen-bond acceptors (Lipinski definition) is 4. The predicted molar refractivity (Wildman–Crippen MR) is 235 cm³/mol. The second-order valence-electron chi connectivity index (χ2n) is 14.1. The number of hydrogen-bond donors (Lipinski definition) is 0. The Hall–Kier alpha value is -8.14. The molecule has 0 saturated carbocycles. The highest BCUT2D eigenvalue weighted by Crippen LogP contribution is 2.43. The van der Waals surface area contributed by atoms with E-state index in [1.54, 1.807) is 0 Å². The molecule has 0 spiro atoms. The quantitative estimate of drug-likeness (QED) is 0.170. The normalized spacial score (nSPS) is 12.2. The maximum Gasteiger partial charge on any atom is 0.164 e. The van der Waals surface area contributed by atoms with Gasteiger partial charge in [0, 0.05) is 43.9 Å². The third kappa shape index (κ3) is 5.30. The van der Waals surface area contributed by atoms with E-state index in [4.69, 9.17) is 15.0 Å². The van der Waals surface area contributed by atoms with Crippen LogP contribution in [0.3, 0.4) is 0 Å². The minimum Gasteiger partial charge on any atom is -0.309 e. The molecule has 6 nitrogen and oxygen atoms in total. The molecule has 0 aliphatic heterocycles. The van der Waals surface area contributed by atoms with Crippen LogP contribution in [0.15, 0.2) is 194 Å². The van der Waals surface area contributed by atoms with Gasteiger partial charge >= 0.3 is 0 Å². The van der Waals surface area contributed by atoms with Gasteiger partial charge in [0.15, 0.2) is 17.5 Å². The van der Waals surface area contributed by atoms with Gasteiger partial charge in [-0.15, -0.1) is 0 Å². The summed E-state index contributed by atoms with van der Waals surface area (Å²) in [5, 5.41) is 14.9. The number of para-hydroxylation sites is 3. The van der Waals surface area contributed by atoms with Gasteiger partial charge in [-0.3, -0.25) is 0 Å². The topological polar surface area (TPSA) is 72.3 Å². The molecule has 58 heavy (non-hydrogen) atoms. The molecule has 0 saturated heterocycles. The third-order valence-corrected chi connectivity index (χ3v) is 10.8. The Balaban J connectivity index is 1.21. The van der Waals surface area contributed by atoms with Crippen LogP contribution in [0.4, 0.5) is 0 Å². The maximum atomic E-state index is 11.1. The zero-order chi connectivity index (χ0) is 41.2. The smallest absolute Gasteiger partial charge is 0.164 e. The number of fused-ring (bicyclic) bond motifs is 7. The lowest BCUT2D eigenvalue weighted by molar-refractivity contribution is 1.07. The number of nitrogens with zero attached hydrogens (tertiary/aromatic N) is 6. The van der Waals surface area contributed by atoms with Gasteiger partial charge in [-0.25, -0.2) is 15.0 Å². The monoisotopic (exact) mass is 743 g/mol. The summed E-state index contributed by atoms with van der Waals surface area (Å²) in [4.78, 5) is 14.8. The van der Waals surface area contributed by atoms with Crippen molar-refractivity contribution in [2.75, 3.05) is 0 Å². The second kappa shape index (κ2) is 13.6. The fourth-order valence-corrected chi connectivity index (χ4v) is 8.23. The molecule has 0 aliphatic rings. The summed E-state index contributed by atoms with van der Waals surface area (Å²) in [7, 11) is 0. The van der Waals surface area contributed by atoms with Crippen molar-refractivity contribution in [3.05, 3.63) is 200 Å². The van der Waals surface area contributed by atoms with E-state index in [2.05, 4.69) is 47.0 Å². The van der Waals surface area contributed by atoms with Crippen LogP contribution < -0.4 is 0 Å². The van der Waals surface area contributed by atoms with E-state index in [1.807, 2.05) is 144 Å². The maximum absolute atomic E-state index is 11.1. The van der Waals surface area contributed by atoms with E-state index in [9.17, 15) is 9.37 Å². The average Bonchev–Trinajstić information content (AvgIpc) is 3.84. The SMILES string of the molecule is [2H]c1c([2H])c(-n2c3ccccc3c3ccc4c(c5ccccc5n4-c4ccccc4)c32)c(C#N)c([2H])c1-c1nc(-c2ccccc2)nc(-c2ccccc2-c2ccccc2)n1. The van der Waals surface area contributed by atoms with Crippen molar-refractivity contribution < 1.29 is 4.11 Å². The van der Waals surface area contributed by atoms with E-state index < -0.39 is 0 Å². The van der Waals surface area contributed by atoms with Crippen LogP contribution >= 0.6 is 0 Å². The Morgan fingerprint density at radius 2 is 1.02 bits per heavy atom. The summed E-state index contributed by atoms with van der Waals surface area (Å²) in [5.74, 6) is 0.723. The number of rotatable bonds is 6. The minimum absolute atomic E-state index is 0.0186. The molecule has 0 aliphatic carbocycles. The van der Waals surface area contributed by atoms with E-state index in [0.29, 0.717) is 11.6 Å². The Kier molecular flexibility index (Phi) is 7.04. The van der Waals surface area contributed by atoms with Gasteiger partial charge in [0.05, 0.1) is 37.4 Å². The molecule has 0 atom stereocenters. The summed E-state index contributed by atoms with van der Waals surface area (Å²) in [6.07, 6.45) is 0. The fraction of sp³-hybridized carbons (Fsp3) is 0. The molecule has 11 rings (SSSR count). The lowest BCUT2D eigenvalue weighted by atomic mass is 9.99. The molecule has 8 aromatic carbocycles. The molecule has 11 aromatic rings. The van der Waals surface area contributed by atoms with Gasteiger partial charge < -0.3 is 9.13 Å². The van der Waals surface area contributed by atoms with Gasteiger partial charge in [0.25, 0.3) is 0 Å². The number of nitriles is 1. The first kappa shape index (κ1) is 30.1. The van der Waals surface area contributed by atoms with Crippen LogP contribution in [0.2, 0.25) is 0 Å². The standard InChI is InChI=1S/C52H32N6/c53-33-37-32-36(51-54-50(35-18-6-2-7-19-35)55-52(56-51)42-24-11-10-22-39(42)34-16-4-1-5-17-34)28-30-44(37)58-45-26-14-12-23-40(45)41-29-31-47-48(49(41)58)43-25-13-15-27-46(43)57(47)38-20-8-3-9-21-38/h1-32H/i28D,30D,32D. The van der Waals surface area contributed by atoms with Gasteiger partial charge in [0.1, 0.15) is 6.07 Å². The first-order valence-corrected chi connectivity index (χ1v) is 19.0. The van der Waals surface area contributed by atoms with Gasteiger partial charge in [-0.1, -0.05) is 146 Å². The molecule has 0 radical (unpaired) electrons. The van der Waals surface area contributed by atoms with Crippen LogP contribution in [-0.2, 0) is 0 Å². The van der Waals surface area contributed by atoms with Crippen molar-refractivity contribution in [2.45, 2.75) is 0 Å². The van der Waals surface area contributed by atoms with E-state index in [-0.39, 0.29) is 40.8 Å². The van der Waals surface area contributed by atoms with E-state index in [1.165, 1.54) is 0 Å². The summed E-state index contributed by atoms with van der Waals surface area (Å²) < 4.78 is 33.5. The zero-order valence-electron chi connectivity index (χ0n) is 33.9. The molecule has 3 heterocycles. The fourth-order valence-electron chi connectivity index (χ4n) is 8.23. The molecular formula is C52H32N6. The Bertz CT molecular complexity index is 3570. The molecule has 270 valence electrons. The van der Waals surface area contributed by atoms with E-state index >= 15 is 0 Å². The summed E-state index contributed by atoms with van der Waals surface area (Å²) >= 11 is 0. The molecule has 0 fully saturated rings. The van der Waals surface area contributed by atoms with Gasteiger partial charge in [-0.05, 0) is 59.6 Å². The Morgan fingerprint density at radius 1 is 0.448 bits per heavy atom. The van der Waals surface area contributed by atoms with Crippen LogP contribution in [-0.4, -0.2) is 24.1 Å². The lowest BCUT2D eigenvalue weighted by Gasteiger charge is -2.14.